The molecule has 0 aromatic heterocycles. The van der Waals surface area contributed by atoms with Crippen LogP contribution in [-0.2, 0) is 0 Å². The zero-order chi connectivity index (χ0) is 13.3. The van der Waals surface area contributed by atoms with Crippen LogP contribution in [0.25, 0.3) is 0 Å². The monoisotopic (exact) mass is 331 g/mol. The van der Waals surface area contributed by atoms with Gasteiger partial charge in [-0.1, -0.05) is 11.6 Å². The molecule has 1 N–H and O–H groups in total. The number of hydrogen-bond acceptors (Lipinski definition) is 2. The Kier molecular flexibility index (Phi) is 3.99. The van der Waals surface area contributed by atoms with Crippen LogP contribution in [0.2, 0.25) is 5.02 Å². The second-order valence-corrected chi connectivity index (χ2v) is 6.18. The molecule has 18 heavy (non-hydrogen) atoms. The van der Waals surface area contributed by atoms with E-state index in [9.17, 15) is 9.90 Å². The molecule has 0 atom stereocenters. The summed E-state index contributed by atoms with van der Waals surface area (Å²) in [6, 6.07) is 5.20. The van der Waals surface area contributed by atoms with Crippen molar-refractivity contribution < 1.29 is 9.90 Å². The quantitative estimate of drug-likeness (QED) is 0.858. The van der Waals surface area contributed by atoms with Gasteiger partial charge in [-0.25, -0.2) is 0 Å². The van der Waals surface area contributed by atoms with Crippen molar-refractivity contribution in [2.75, 3.05) is 13.1 Å². The minimum Gasteiger partial charge on any atom is -0.390 e. The Morgan fingerprint density at radius 2 is 2.06 bits per heavy atom. The number of hydrogen-bond donors (Lipinski definition) is 1. The molecule has 1 fully saturated rings. The number of likely N-dealkylation sites (tertiary alicyclic amines) is 1. The highest BCUT2D eigenvalue weighted by Gasteiger charge is 2.30. The van der Waals surface area contributed by atoms with E-state index in [1.165, 1.54) is 0 Å². The number of rotatable bonds is 1. The van der Waals surface area contributed by atoms with E-state index in [0.29, 0.717) is 36.5 Å². The third-order valence-corrected chi connectivity index (χ3v) is 4.53. The van der Waals surface area contributed by atoms with Gasteiger partial charge in [0.15, 0.2) is 0 Å². The van der Waals surface area contributed by atoms with Gasteiger partial charge in [0.05, 0.1) is 10.6 Å². The van der Waals surface area contributed by atoms with Crippen molar-refractivity contribution in [3.05, 3.63) is 33.3 Å². The summed E-state index contributed by atoms with van der Waals surface area (Å²) in [4.78, 5) is 14.0. The number of carbonyl (C=O) groups excluding carboxylic acids is 1. The van der Waals surface area contributed by atoms with Crippen molar-refractivity contribution in [2.45, 2.75) is 25.4 Å². The summed E-state index contributed by atoms with van der Waals surface area (Å²) in [6.07, 6.45) is 1.23. The summed E-state index contributed by atoms with van der Waals surface area (Å²) in [5.41, 5.74) is -0.0570. The molecule has 98 valence electrons. The van der Waals surface area contributed by atoms with E-state index in [0.717, 1.165) is 4.47 Å². The Balaban J connectivity index is 2.10. The lowest BCUT2D eigenvalue weighted by molar-refractivity contribution is -0.00202. The second-order valence-electron chi connectivity index (χ2n) is 4.92. The second kappa shape index (κ2) is 5.19. The first kappa shape index (κ1) is 13.8. The van der Waals surface area contributed by atoms with Crippen LogP contribution in [0.3, 0.4) is 0 Å². The molecule has 1 aromatic carbocycles. The minimum absolute atomic E-state index is 0.0279. The summed E-state index contributed by atoms with van der Waals surface area (Å²) in [6.45, 7) is 2.98. The fourth-order valence-electron chi connectivity index (χ4n) is 2.00. The van der Waals surface area contributed by atoms with Crippen LogP contribution in [-0.4, -0.2) is 34.6 Å². The van der Waals surface area contributed by atoms with Gasteiger partial charge in [0.1, 0.15) is 0 Å². The lowest BCUT2D eigenvalue weighted by atomic mass is 9.93. The average molecular weight is 333 g/mol. The lowest BCUT2D eigenvalue weighted by Gasteiger charge is -2.35. The van der Waals surface area contributed by atoms with Gasteiger partial charge in [0.2, 0.25) is 0 Å². The molecule has 2 rings (SSSR count). The molecular weight excluding hydrogens is 318 g/mol. The van der Waals surface area contributed by atoms with E-state index in [-0.39, 0.29) is 5.91 Å². The lowest BCUT2D eigenvalue weighted by Crippen LogP contribution is -2.45. The molecule has 1 aliphatic heterocycles. The van der Waals surface area contributed by atoms with Gasteiger partial charge in [-0.05, 0) is 53.9 Å². The highest BCUT2D eigenvalue weighted by atomic mass is 79.9. The first-order valence-electron chi connectivity index (χ1n) is 5.86. The number of amides is 1. The fraction of sp³-hybridized carbons (Fsp3) is 0.462. The SMILES string of the molecule is CC1(O)CCN(C(=O)c2ccc(Br)c(Cl)c2)CC1. The maximum absolute atomic E-state index is 12.2. The number of aliphatic hydroxyl groups is 1. The smallest absolute Gasteiger partial charge is 0.253 e. The number of nitrogens with zero attached hydrogens (tertiary/aromatic N) is 1. The van der Waals surface area contributed by atoms with Crippen LogP contribution in [0, 0.1) is 0 Å². The number of piperidine rings is 1. The van der Waals surface area contributed by atoms with Gasteiger partial charge in [0, 0.05) is 23.1 Å². The van der Waals surface area contributed by atoms with Crippen molar-refractivity contribution in [3.8, 4) is 0 Å². The van der Waals surface area contributed by atoms with Crippen LogP contribution in [0.1, 0.15) is 30.1 Å². The van der Waals surface area contributed by atoms with E-state index >= 15 is 0 Å². The van der Waals surface area contributed by atoms with E-state index in [2.05, 4.69) is 15.9 Å². The summed E-state index contributed by atoms with van der Waals surface area (Å²) in [5, 5.41) is 10.4. The van der Waals surface area contributed by atoms with Gasteiger partial charge in [-0.3, -0.25) is 4.79 Å². The zero-order valence-electron chi connectivity index (χ0n) is 10.1. The molecule has 0 spiro atoms. The van der Waals surface area contributed by atoms with Crippen molar-refractivity contribution in [1.29, 1.82) is 0 Å². The van der Waals surface area contributed by atoms with Crippen LogP contribution in [0.4, 0.5) is 0 Å². The van der Waals surface area contributed by atoms with Crippen LogP contribution < -0.4 is 0 Å². The van der Waals surface area contributed by atoms with Crippen LogP contribution in [0.5, 0.6) is 0 Å². The summed E-state index contributed by atoms with van der Waals surface area (Å²) >= 11 is 9.28. The third kappa shape index (κ3) is 3.05. The molecule has 0 radical (unpaired) electrons. The third-order valence-electron chi connectivity index (χ3n) is 3.29. The highest BCUT2D eigenvalue weighted by molar-refractivity contribution is 9.10. The predicted molar refractivity (Wildman–Crippen MR) is 74.9 cm³/mol. The maximum Gasteiger partial charge on any atom is 0.253 e. The van der Waals surface area contributed by atoms with Gasteiger partial charge in [-0.2, -0.15) is 0 Å². The van der Waals surface area contributed by atoms with E-state index in [1.54, 1.807) is 23.1 Å². The first-order chi connectivity index (χ1) is 8.39. The van der Waals surface area contributed by atoms with Gasteiger partial charge >= 0.3 is 0 Å². The molecule has 1 amide bonds. The first-order valence-corrected chi connectivity index (χ1v) is 7.03. The zero-order valence-corrected chi connectivity index (χ0v) is 12.5. The minimum atomic E-state index is -0.645. The van der Waals surface area contributed by atoms with Crippen molar-refractivity contribution in [2.24, 2.45) is 0 Å². The molecule has 5 heteroatoms. The summed E-state index contributed by atoms with van der Waals surface area (Å²) in [5.74, 6) is -0.0279. The summed E-state index contributed by atoms with van der Waals surface area (Å²) < 4.78 is 0.780. The standard InChI is InChI=1S/C13H15BrClNO2/c1-13(18)4-6-16(7-5-13)12(17)9-2-3-10(14)11(15)8-9/h2-3,8,18H,4-7H2,1H3. The molecule has 3 nitrogen and oxygen atoms in total. The Hall–Kier alpha value is -0.580. The average Bonchev–Trinajstić information content (AvgIpc) is 2.32. The Morgan fingerprint density at radius 1 is 1.44 bits per heavy atom. The van der Waals surface area contributed by atoms with Gasteiger partial charge < -0.3 is 10.0 Å². The normalized spacial score (nSPS) is 18.8. The highest BCUT2D eigenvalue weighted by Crippen LogP contribution is 2.26. The maximum atomic E-state index is 12.2. The number of halogens is 2. The Bertz CT molecular complexity index is 466. The molecule has 1 aromatic rings. The molecule has 0 bridgehead atoms. The van der Waals surface area contributed by atoms with E-state index in [4.69, 9.17) is 11.6 Å². The largest absolute Gasteiger partial charge is 0.390 e. The van der Waals surface area contributed by atoms with Crippen LogP contribution in [0.15, 0.2) is 22.7 Å². The number of carbonyl (C=O) groups is 1. The molecule has 0 unspecified atom stereocenters. The van der Waals surface area contributed by atoms with Crippen LogP contribution >= 0.6 is 27.5 Å². The van der Waals surface area contributed by atoms with E-state index in [1.807, 2.05) is 6.92 Å². The summed E-state index contributed by atoms with van der Waals surface area (Å²) in [7, 11) is 0. The molecular formula is C13H15BrClNO2. The van der Waals surface area contributed by atoms with Crippen molar-refractivity contribution in [1.82, 2.24) is 4.90 Å². The predicted octanol–water partition coefficient (Wildman–Crippen LogP) is 3.09. The Labute approximate surface area is 120 Å². The topological polar surface area (TPSA) is 40.5 Å². The van der Waals surface area contributed by atoms with Crippen molar-refractivity contribution >= 4 is 33.4 Å². The van der Waals surface area contributed by atoms with Gasteiger partial charge in [-0.15, -0.1) is 0 Å². The molecule has 1 saturated heterocycles. The fourth-order valence-corrected chi connectivity index (χ4v) is 2.43. The Morgan fingerprint density at radius 3 is 2.61 bits per heavy atom. The molecule has 0 saturated carbocycles. The van der Waals surface area contributed by atoms with E-state index < -0.39 is 5.60 Å². The number of benzene rings is 1. The molecule has 1 heterocycles. The molecule has 0 aliphatic carbocycles. The molecule has 1 aliphatic rings. The van der Waals surface area contributed by atoms with Crippen molar-refractivity contribution in [3.63, 3.8) is 0 Å². The van der Waals surface area contributed by atoms with Gasteiger partial charge in [0.25, 0.3) is 5.91 Å².